The smallest absolute Gasteiger partial charge is 0.317 e. The summed E-state index contributed by atoms with van der Waals surface area (Å²) in [6, 6.07) is 8.09. The first-order chi connectivity index (χ1) is 10.2. The standard InChI is InChI=1S/C17H28N2O2/c1-4-12-19(13-5-2)17(20)18-11-14-21-16-9-7-15(6-3)8-10-16/h7-10H,4-6,11-14H2,1-3H3,(H,18,20). The zero-order valence-corrected chi connectivity index (χ0v) is 13.5. The van der Waals surface area contributed by atoms with Crippen LogP contribution in [0.3, 0.4) is 0 Å². The van der Waals surface area contributed by atoms with Crippen molar-refractivity contribution in [2.75, 3.05) is 26.2 Å². The molecule has 0 saturated carbocycles. The predicted octanol–water partition coefficient (Wildman–Crippen LogP) is 3.46. The first-order valence-electron chi connectivity index (χ1n) is 7.95. The molecule has 0 fully saturated rings. The molecule has 0 aliphatic heterocycles. The van der Waals surface area contributed by atoms with Crippen molar-refractivity contribution in [3.8, 4) is 5.75 Å². The van der Waals surface area contributed by atoms with E-state index in [4.69, 9.17) is 4.74 Å². The lowest BCUT2D eigenvalue weighted by molar-refractivity contribution is 0.194. The average molecular weight is 292 g/mol. The normalized spacial score (nSPS) is 10.2. The fourth-order valence-corrected chi connectivity index (χ4v) is 2.11. The van der Waals surface area contributed by atoms with Gasteiger partial charge >= 0.3 is 6.03 Å². The number of urea groups is 1. The largest absolute Gasteiger partial charge is 0.492 e. The number of hydrogen-bond donors (Lipinski definition) is 1. The molecule has 0 heterocycles. The van der Waals surface area contributed by atoms with E-state index in [9.17, 15) is 4.79 Å². The molecule has 0 unspecified atom stereocenters. The molecule has 4 heteroatoms. The second-order valence-corrected chi connectivity index (χ2v) is 5.06. The van der Waals surface area contributed by atoms with Gasteiger partial charge in [0.2, 0.25) is 0 Å². The van der Waals surface area contributed by atoms with Gasteiger partial charge in [-0.3, -0.25) is 0 Å². The summed E-state index contributed by atoms with van der Waals surface area (Å²) in [4.78, 5) is 13.8. The van der Waals surface area contributed by atoms with Crippen molar-refractivity contribution in [1.29, 1.82) is 0 Å². The van der Waals surface area contributed by atoms with Crippen molar-refractivity contribution in [1.82, 2.24) is 10.2 Å². The van der Waals surface area contributed by atoms with Gasteiger partial charge in [0.25, 0.3) is 0 Å². The third-order valence-corrected chi connectivity index (χ3v) is 3.25. The van der Waals surface area contributed by atoms with Gasteiger partial charge in [0.05, 0.1) is 6.54 Å². The minimum Gasteiger partial charge on any atom is -0.492 e. The Labute approximate surface area is 128 Å². The molecule has 4 nitrogen and oxygen atoms in total. The summed E-state index contributed by atoms with van der Waals surface area (Å²) in [6.07, 6.45) is 2.99. The maximum absolute atomic E-state index is 12.0. The van der Waals surface area contributed by atoms with Gasteiger partial charge < -0.3 is 15.0 Å². The Bertz CT molecular complexity index is 398. The molecule has 0 atom stereocenters. The van der Waals surface area contributed by atoms with Crippen molar-refractivity contribution in [2.24, 2.45) is 0 Å². The number of amides is 2. The Morgan fingerprint density at radius 1 is 1.10 bits per heavy atom. The van der Waals surface area contributed by atoms with Crippen LogP contribution < -0.4 is 10.1 Å². The van der Waals surface area contributed by atoms with E-state index in [1.54, 1.807) is 0 Å². The molecular formula is C17H28N2O2. The molecule has 1 rings (SSSR count). The molecule has 0 saturated heterocycles. The number of nitrogens with one attached hydrogen (secondary N) is 1. The van der Waals surface area contributed by atoms with E-state index in [1.165, 1.54) is 5.56 Å². The van der Waals surface area contributed by atoms with Crippen LogP contribution in [0.5, 0.6) is 5.75 Å². The van der Waals surface area contributed by atoms with E-state index < -0.39 is 0 Å². The minimum absolute atomic E-state index is 0.00336. The van der Waals surface area contributed by atoms with Crippen molar-refractivity contribution in [3.63, 3.8) is 0 Å². The number of rotatable bonds is 9. The summed E-state index contributed by atoms with van der Waals surface area (Å²) >= 11 is 0. The molecule has 0 aliphatic carbocycles. The zero-order valence-electron chi connectivity index (χ0n) is 13.5. The molecule has 21 heavy (non-hydrogen) atoms. The summed E-state index contributed by atoms with van der Waals surface area (Å²) < 4.78 is 5.62. The van der Waals surface area contributed by atoms with Crippen LogP contribution in [0.25, 0.3) is 0 Å². The van der Waals surface area contributed by atoms with Crippen LogP contribution >= 0.6 is 0 Å². The van der Waals surface area contributed by atoms with Crippen LogP contribution in [0.2, 0.25) is 0 Å². The number of benzene rings is 1. The quantitative estimate of drug-likeness (QED) is 0.708. The maximum atomic E-state index is 12.0. The molecule has 0 aliphatic rings. The SMILES string of the molecule is CCCN(CCC)C(=O)NCCOc1ccc(CC)cc1. The van der Waals surface area contributed by atoms with E-state index in [-0.39, 0.29) is 6.03 Å². The number of nitrogens with zero attached hydrogens (tertiary/aromatic N) is 1. The van der Waals surface area contributed by atoms with Crippen LogP contribution in [0.15, 0.2) is 24.3 Å². The van der Waals surface area contributed by atoms with Crippen LogP contribution in [0.1, 0.15) is 39.2 Å². The summed E-state index contributed by atoms with van der Waals surface area (Å²) in [6.45, 7) is 8.92. The molecule has 1 N–H and O–H groups in total. The lowest BCUT2D eigenvalue weighted by atomic mass is 10.2. The molecule has 0 spiro atoms. The van der Waals surface area contributed by atoms with Gasteiger partial charge in [-0.25, -0.2) is 4.79 Å². The Kier molecular flexibility index (Phi) is 8.32. The first-order valence-corrected chi connectivity index (χ1v) is 7.95. The van der Waals surface area contributed by atoms with Crippen LogP contribution in [0, 0.1) is 0 Å². The highest BCUT2D eigenvalue weighted by atomic mass is 16.5. The van der Waals surface area contributed by atoms with E-state index in [2.05, 4.69) is 38.2 Å². The Morgan fingerprint density at radius 2 is 1.71 bits per heavy atom. The summed E-state index contributed by atoms with van der Waals surface area (Å²) in [5.41, 5.74) is 1.30. The van der Waals surface area contributed by atoms with Gasteiger partial charge in [0, 0.05) is 13.1 Å². The van der Waals surface area contributed by atoms with Crippen molar-refractivity contribution >= 4 is 6.03 Å². The predicted molar refractivity (Wildman–Crippen MR) is 86.9 cm³/mol. The van der Waals surface area contributed by atoms with Crippen LogP contribution in [-0.2, 0) is 6.42 Å². The van der Waals surface area contributed by atoms with E-state index in [0.29, 0.717) is 13.2 Å². The zero-order chi connectivity index (χ0) is 15.5. The average Bonchev–Trinajstić information content (AvgIpc) is 2.51. The van der Waals surface area contributed by atoms with Gasteiger partial charge in [-0.15, -0.1) is 0 Å². The number of carbonyl (C=O) groups excluding carboxylic acids is 1. The number of ether oxygens (including phenoxy) is 1. The van der Waals surface area contributed by atoms with Crippen LogP contribution in [-0.4, -0.2) is 37.2 Å². The monoisotopic (exact) mass is 292 g/mol. The Morgan fingerprint density at radius 3 is 2.24 bits per heavy atom. The molecule has 0 bridgehead atoms. The summed E-state index contributed by atoms with van der Waals surface area (Å²) in [7, 11) is 0. The van der Waals surface area contributed by atoms with Gasteiger partial charge in [-0.2, -0.15) is 0 Å². The van der Waals surface area contributed by atoms with Gasteiger partial charge in [0.1, 0.15) is 12.4 Å². The molecule has 1 aromatic rings. The topological polar surface area (TPSA) is 41.6 Å². The fourth-order valence-electron chi connectivity index (χ4n) is 2.11. The molecule has 118 valence electrons. The highest BCUT2D eigenvalue weighted by molar-refractivity contribution is 5.74. The second kappa shape index (κ2) is 10.1. The van der Waals surface area contributed by atoms with E-state index >= 15 is 0 Å². The third-order valence-electron chi connectivity index (χ3n) is 3.25. The van der Waals surface area contributed by atoms with Gasteiger partial charge in [-0.1, -0.05) is 32.9 Å². The maximum Gasteiger partial charge on any atom is 0.317 e. The number of hydrogen-bond acceptors (Lipinski definition) is 2. The summed E-state index contributed by atoms with van der Waals surface area (Å²) in [5, 5.41) is 2.91. The highest BCUT2D eigenvalue weighted by Gasteiger charge is 2.10. The fraction of sp³-hybridized carbons (Fsp3) is 0.588. The van der Waals surface area contributed by atoms with Crippen molar-refractivity contribution < 1.29 is 9.53 Å². The molecule has 0 aromatic heterocycles. The molecule has 1 aromatic carbocycles. The second-order valence-electron chi connectivity index (χ2n) is 5.06. The molecular weight excluding hydrogens is 264 g/mol. The molecule has 2 amide bonds. The Balaban J connectivity index is 2.26. The third kappa shape index (κ3) is 6.52. The van der Waals surface area contributed by atoms with E-state index in [1.807, 2.05) is 17.0 Å². The van der Waals surface area contributed by atoms with Crippen molar-refractivity contribution in [2.45, 2.75) is 40.0 Å². The lowest BCUT2D eigenvalue weighted by Gasteiger charge is -2.21. The molecule has 0 radical (unpaired) electrons. The number of carbonyl (C=O) groups is 1. The van der Waals surface area contributed by atoms with E-state index in [0.717, 1.165) is 38.1 Å². The van der Waals surface area contributed by atoms with Crippen LogP contribution in [0.4, 0.5) is 4.79 Å². The van der Waals surface area contributed by atoms with Gasteiger partial charge in [-0.05, 0) is 37.0 Å². The Hall–Kier alpha value is -1.71. The van der Waals surface area contributed by atoms with Crippen molar-refractivity contribution in [3.05, 3.63) is 29.8 Å². The van der Waals surface area contributed by atoms with Gasteiger partial charge in [0.15, 0.2) is 0 Å². The first kappa shape index (κ1) is 17.3. The lowest BCUT2D eigenvalue weighted by Crippen LogP contribution is -2.42. The summed E-state index contributed by atoms with van der Waals surface area (Å²) in [5.74, 6) is 0.848. The highest BCUT2D eigenvalue weighted by Crippen LogP contribution is 2.12. The minimum atomic E-state index is 0.00336. The number of aryl methyl sites for hydroxylation is 1.